The van der Waals surface area contributed by atoms with E-state index in [-0.39, 0.29) is 0 Å². The number of methoxy groups -OCH3 is 2. The van der Waals surface area contributed by atoms with Crippen LogP contribution in [0.4, 0.5) is 0 Å². The largest absolute Gasteiger partial charge is 0.497 e. The first kappa shape index (κ1) is 13.6. The van der Waals surface area contributed by atoms with Gasteiger partial charge in [0, 0.05) is 32.3 Å². The van der Waals surface area contributed by atoms with Gasteiger partial charge in [-0.15, -0.1) is 0 Å². The van der Waals surface area contributed by atoms with Gasteiger partial charge >= 0.3 is 0 Å². The summed E-state index contributed by atoms with van der Waals surface area (Å²) in [6, 6.07) is 5.76. The molecule has 0 atom stereocenters. The summed E-state index contributed by atoms with van der Waals surface area (Å²) in [4.78, 5) is 1.94. The first-order valence-corrected chi connectivity index (χ1v) is 5.67. The Hall–Kier alpha value is -1.49. The van der Waals surface area contributed by atoms with E-state index < -0.39 is 0 Å². The third kappa shape index (κ3) is 3.49. The summed E-state index contributed by atoms with van der Waals surface area (Å²) in [5.74, 6) is 1.58. The van der Waals surface area contributed by atoms with Gasteiger partial charge in [0.2, 0.25) is 0 Å². The molecule has 0 aliphatic rings. The summed E-state index contributed by atoms with van der Waals surface area (Å²) in [5.41, 5.74) is 1.06. The third-order valence-electron chi connectivity index (χ3n) is 2.46. The van der Waals surface area contributed by atoms with Crippen LogP contribution in [0.3, 0.4) is 0 Å². The van der Waals surface area contributed by atoms with Crippen LogP contribution in [0.5, 0.6) is 11.5 Å². The van der Waals surface area contributed by atoms with Gasteiger partial charge in [-0.2, -0.15) is 0 Å². The van der Waals surface area contributed by atoms with Gasteiger partial charge in [-0.1, -0.05) is 0 Å². The molecule has 0 aliphatic carbocycles. The Morgan fingerprint density at radius 1 is 1.35 bits per heavy atom. The molecular formula is C12H18N2O2S. The number of benzene rings is 1. The fourth-order valence-corrected chi connectivity index (χ4v) is 1.57. The second-order valence-electron chi connectivity index (χ2n) is 3.59. The number of nitrogens with one attached hydrogen (secondary N) is 1. The van der Waals surface area contributed by atoms with Gasteiger partial charge in [0.25, 0.3) is 0 Å². The zero-order valence-electron chi connectivity index (χ0n) is 10.6. The van der Waals surface area contributed by atoms with Crippen molar-refractivity contribution in [2.24, 2.45) is 0 Å². The minimum absolute atomic E-state index is 0.687. The van der Waals surface area contributed by atoms with E-state index >= 15 is 0 Å². The first-order chi connectivity index (χ1) is 8.12. The fourth-order valence-electron chi connectivity index (χ4n) is 1.50. The Labute approximate surface area is 108 Å². The van der Waals surface area contributed by atoms with Crippen LogP contribution in [0.15, 0.2) is 18.2 Å². The van der Waals surface area contributed by atoms with Crippen LogP contribution in [0.2, 0.25) is 0 Å². The highest BCUT2D eigenvalue weighted by atomic mass is 32.1. The molecule has 0 fully saturated rings. The first-order valence-electron chi connectivity index (χ1n) is 5.26. The minimum atomic E-state index is 0.687. The lowest BCUT2D eigenvalue weighted by molar-refractivity contribution is 0.383. The molecule has 0 heterocycles. The van der Waals surface area contributed by atoms with Crippen molar-refractivity contribution < 1.29 is 9.47 Å². The van der Waals surface area contributed by atoms with Gasteiger partial charge in [0.1, 0.15) is 11.5 Å². The normalized spacial score (nSPS) is 9.65. The van der Waals surface area contributed by atoms with E-state index in [4.69, 9.17) is 21.7 Å². The second kappa shape index (κ2) is 6.30. The quantitative estimate of drug-likeness (QED) is 0.826. The van der Waals surface area contributed by atoms with Gasteiger partial charge in [-0.25, -0.2) is 0 Å². The number of nitrogens with zero attached hydrogens (tertiary/aromatic N) is 1. The van der Waals surface area contributed by atoms with Gasteiger partial charge in [0.05, 0.1) is 14.2 Å². The zero-order valence-corrected chi connectivity index (χ0v) is 11.4. The third-order valence-corrected chi connectivity index (χ3v) is 2.98. The minimum Gasteiger partial charge on any atom is -0.497 e. The molecule has 0 aliphatic heterocycles. The Bertz CT molecular complexity index is 396. The standard InChI is InChI=1S/C12H18N2O2S/c1-13-12(17)14(2)8-9-5-6-10(15-3)7-11(9)16-4/h5-7H,8H2,1-4H3,(H,13,17). The Morgan fingerprint density at radius 3 is 2.59 bits per heavy atom. The van der Waals surface area contributed by atoms with Crippen LogP contribution in [0.1, 0.15) is 5.56 Å². The van der Waals surface area contributed by atoms with Crippen LogP contribution in [0.25, 0.3) is 0 Å². The Kier molecular flexibility index (Phi) is 5.03. The summed E-state index contributed by atoms with van der Waals surface area (Å²) in [6.45, 7) is 0.687. The summed E-state index contributed by atoms with van der Waals surface area (Å²) < 4.78 is 10.5. The monoisotopic (exact) mass is 254 g/mol. The van der Waals surface area contributed by atoms with Gasteiger partial charge in [0.15, 0.2) is 5.11 Å². The van der Waals surface area contributed by atoms with Crippen LogP contribution in [0, 0.1) is 0 Å². The van der Waals surface area contributed by atoms with E-state index in [0.29, 0.717) is 11.7 Å². The maximum atomic E-state index is 5.33. The van der Waals surface area contributed by atoms with Crippen molar-refractivity contribution in [2.45, 2.75) is 6.54 Å². The highest BCUT2D eigenvalue weighted by Gasteiger charge is 2.09. The van der Waals surface area contributed by atoms with Crippen LogP contribution < -0.4 is 14.8 Å². The molecule has 0 amide bonds. The number of hydrogen-bond donors (Lipinski definition) is 1. The van der Waals surface area contributed by atoms with Crippen molar-refractivity contribution in [3.8, 4) is 11.5 Å². The zero-order chi connectivity index (χ0) is 12.8. The van der Waals surface area contributed by atoms with E-state index in [1.165, 1.54) is 0 Å². The van der Waals surface area contributed by atoms with Crippen molar-refractivity contribution >= 4 is 17.3 Å². The van der Waals surface area contributed by atoms with Crippen LogP contribution in [-0.4, -0.2) is 38.3 Å². The highest BCUT2D eigenvalue weighted by molar-refractivity contribution is 7.80. The van der Waals surface area contributed by atoms with Crippen LogP contribution >= 0.6 is 12.2 Å². The maximum absolute atomic E-state index is 5.33. The van der Waals surface area contributed by atoms with Crippen molar-refractivity contribution in [2.75, 3.05) is 28.3 Å². The molecule has 0 saturated heterocycles. The molecule has 0 unspecified atom stereocenters. The molecule has 4 nitrogen and oxygen atoms in total. The van der Waals surface area contributed by atoms with Crippen molar-refractivity contribution in [3.63, 3.8) is 0 Å². The Balaban J connectivity index is 2.87. The predicted octanol–water partition coefficient (Wildman–Crippen LogP) is 1.64. The maximum Gasteiger partial charge on any atom is 0.168 e. The highest BCUT2D eigenvalue weighted by Crippen LogP contribution is 2.25. The lowest BCUT2D eigenvalue weighted by Gasteiger charge is -2.21. The molecular weight excluding hydrogens is 236 g/mol. The van der Waals surface area contributed by atoms with Crippen molar-refractivity contribution in [1.29, 1.82) is 0 Å². The topological polar surface area (TPSA) is 33.7 Å². The molecule has 94 valence electrons. The second-order valence-corrected chi connectivity index (χ2v) is 3.98. The summed E-state index contributed by atoms with van der Waals surface area (Å²) >= 11 is 5.15. The summed E-state index contributed by atoms with van der Waals surface area (Å²) in [7, 11) is 7.03. The average Bonchev–Trinajstić information content (AvgIpc) is 2.37. The lowest BCUT2D eigenvalue weighted by Crippen LogP contribution is -2.34. The number of hydrogen-bond acceptors (Lipinski definition) is 3. The molecule has 0 bridgehead atoms. The number of thiocarbonyl (C=S) groups is 1. The number of ether oxygens (including phenoxy) is 2. The van der Waals surface area contributed by atoms with Crippen molar-refractivity contribution in [1.82, 2.24) is 10.2 Å². The van der Waals surface area contributed by atoms with Gasteiger partial charge < -0.3 is 19.7 Å². The van der Waals surface area contributed by atoms with E-state index in [1.807, 2.05) is 37.2 Å². The SMILES string of the molecule is CNC(=S)N(C)Cc1ccc(OC)cc1OC. The van der Waals surface area contributed by atoms with Crippen LogP contribution in [-0.2, 0) is 6.54 Å². The van der Waals surface area contributed by atoms with E-state index in [2.05, 4.69) is 5.32 Å². The molecule has 17 heavy (non-hydrogen) atoms. The molecule has 0 saturated carbocycles. The molecule has 0 radical (unpaired) electrons. The molecule has 1 aromatic rings. The molecule has 1 aromatic carbocycles. The predicted molar refractivity (Wildman–Crippen MR) is 72.7 cm³/mol. The van der Waals surface area contributed by atoms with E-state index in [9.17, 15) is 0 Å². The lowest BCUT2D eigenvalue weighted by atomic mass is 10.2. The average molecular weight is 254 g/mol. The Morgan fingerprint density at radius 2 is 2.06 bits per heavy atom. The molecule has 0 spiro atoms. The van der Waals surface area contributed by atoms with E-state index in [0.717, 1.165) is 17.1 Å². The number of rotatable bonds is 4. The molecule has 0 aromatic heterocycles. The van der Waals surface area contributed by atoms with Gasteiger partial charge in [-0.3, -0.25) is 0 Å². The fraction of sp³-hybridized carbons (Fsp3) is 0.417. The van der Waals surface area contributed by atoms with Crippen molar-refractivity contribution in [3.05, 3.63) is 23.8 Å². The van der Waals surface area contributed by atoms with E-state index in [1.54, 1.807) is 14.2 Å². The smallest absolute Gasteiger partial charge is 0.168 e. The van der Waals surface area contributed by atoms with Gasteiger partial charge in [-0.05, 0) is 24.4 Å². The molecule has 1 N–H and O–H groups in total. The molecule has 5 heteroatoms. The molecule has 1 rings (SSSR count). The summed E-state index contributed by atoms with van der Waals surface area (Å²) in [5, 5.41) is 3.63. The summed E-state index contributed by atoms with van der Waals surface area (Å²) in [6.07, 6.45) is 0.